The minimum absolute atomic E-state index is 0.684. The molecule has 13 heavy (non-hydrogen) atoms. The lowest BCUT2D eigenvalue weighted by atomic mass is 10.2. The zero-order valence-electron chi connectivity index (χ0n) is 6.74. The molecule has 1 unspecified atom stereocenters. The first-order valence-corrected chi connectivity index (χ1v) is 3.54. The van der Waals surface area contributed by atoms with E-state index < -0.39 is 23.9 Å². The van der Waals surface area contributed by atoms with Gasteiger partial charge in [-0.15, -0.1) is 0 Å². The number of nitrogens with one attached hydrogen (secondary N) is 2. The van der Waals surface area contributed by atoms with Gasteiger partial charge in [0.05, 0.1) is 6.17 Å². The van der Waals surface area contributed by atoms with Crippen molar-refractivity contribution in [3.8, 4) is 0 Å². The number of dihydropyridines is 1. The number of rotatable bonds is 1. The van der Waals surface area contributed by atoms with Gasteiger partial charge in [-0.1, -0.05) is 0 Å². The molecule has 1 aliphatic heterocycles. The van der Waals surface area contributed by atoms with Crippen LogP contribution in [0.3, 0.4) is 0 Å². The fourth-order valence-electron chi connectivity index (χ4n) is 0.922. The van der Waals surface area contributed by atoms with E-state index in [4.69, 9.17) is 0 Å². The van der Waals surface area contributed by atoms with E-state index in [1.807, 2.05) is 5.32 Å². The van der Waals surface area contributed by atoms with Crippen LogP contribution in [0, 0.1) is 0 Å². The Bertz CT molecular complexity index is 254. The highest BCUT2D eigenvalue weighted by Crippen LogP contribution is 2.29. The van der Waals surface area contributed by atoms with Crippen molar-refractivity contribution < 1.29 is 17.6 Å². The highest BCUT2D eigenvalue weighted by atomic mass is 19.4. The predicted molar refractivity (Wildman–Crippen MR) is 39.3 cm³/mol. The van der Waals surface area contributed by atoms with E-state index in [0.29, 0.717) is 0 Å². The molecule has 74 valence electrons. The molecule has 1 heterocycles. The number of likely N-dealkylation sites (N-methyl/N-ethyl adjacent to an activating group) is 1. The SMILES string of the molecule is CNC1C=CC(F)=C(C(F)(F)F)N1. The molecule has 0 fully saturated rings. The van der Waals surface area contributed by atoms with Gasteiger partial charge in [0.15, 0.2) is 11.5 Å². The second-order valence-electron chi connectivity index (χ2n) is 2.49. The first-order chi connectivity index (χ1) is 5.95. The monoisotopic (exact) mass is 196 g/mol. The summed E-state index contributed by atoms with van der Waals surface area (Å²) in [5.41, 5.74) is -1.34. The lowest BCUT2D eigenvalue weighted by molar-refractivity contribution is -0.0996. The standard InChI is InChI=1S/C7H8F4N2/c1-12-5-3-2-4(8)6(13-5)7(9,10)11/h2-3,5,12-13H,1H3. The van der Waals surface area contributed by atoms with Gasteiger partial charge in [0, 0.05) is 0 Å². The highest BCUT2D eigenvalue weighted by molar-refractivity contribution is 5.27. The summed E-state index contributed by atoms with van der Waals surface area (Å²) in [6, 6.07) is 0. The molecule has 0 aliphatic carbocycles. The smallest absolute Gasteiger partial charge is 0.360 e. The van der Waals surface area contributed by atoms with Crippen LogP contribution in [-0.4, -0.2) is 19.4 Å². The van der Waals surface area contributed by atoms with E-state index in [2.05, 4.69) is 5.32 Å². The molecule has 0 radical (unpaired) electrons. The molecule has 0 bridgehead atoms. The van der Waals surface area contributed by atoms with Crippen LogP contribution in [0.2, 0.25) is 0 Å². The fourth-order valence-corrected chi connectivity index (χ4v) is 0.922. The van der Waals surface area contributed by atoms with Crippen molar-refractivity contribution in [2.75, 3.05) is 7.05 Å². The summed E-state index contributed by atoms with van der Waals surface area (Å²) < 4.78 is 48.9. The Balaban J connectivity index is 2.88. The van der Waals surface area contributed by atoms with Crippen molar-refractivity contribution in [2.45, 2.75) is 12.3 Å². The zero-order valence-corrected chi connectivity index (χ0v) is 6.74. The summed E-state index contributed by atoms with van der Waals surface area (Å²) in [6.45, 7) is 0. The molecule has 2 nitrogen and oxygen atoms in total. The molecule has 1 aliphatic rings. The molecule has 6 heteroatoms. The average molecular weight is 196 g/mol. The molecule has 0 aromatic heterocycles. The topological polar surface area (TPSA) is 24.1 Å². The Morgan fingerprint density at radius 2 is 2.08 bits per heavy atom. The number of hydrogen-bond donors (Lipinski definition) is 2. The summed E-state index contributed by atoms with van der Waals surface area (Å²) in [4.78, 5) is 0. The molecule has 2 N–H and O–H groups in total. The van der Waals surface area contributed by atoms with E-state index in [1.165, 1.54) is 13.1 Å². The maximum absolute atomic E-state index is 12.6. The minimum Gasteiger partial charge on any atom is -0.360 e. The zero-order chi connectivity index (χ0) is 10.1. The van der Waals surface area contributed by atoms with E-state index in [0.717, 1.165) is 6.08 Å². The van der Waals surface area contributed by atoms with E-state index in [9.17, 15) is 17.6 Å². The Kier molecular flexibility index (Phi) is 2.60. The molecule has 0 saturated heterocycles. The van der Waals surface area contributed by atoms with Gasteiger partial charge in [-0.25, -0.2) is 4.39 Å². The van der Waals surface area contributed by atoms with Gasteiger partial charge in [0.25, 0.3) is 0 Å². The van der Waals surface area contributed by atoms with Crippen LogP contribution >= 0.6 is 0 Å². The Morgan fingerprint density at radius 1 is 1.46 bits per heavy atom. The van der Waals surface area contributed by atoms with Crippen molar-refractivity contribution in [1.29, 1.82) is 0 Å². The second kappa shape index (κ2) is 3.37. The van der Waals surface area contributed by atoms with Crippen molar-refractivity contribution >= 4 is 0 Å². The molecule has 1 rings (SSSR count). The van der Waals surface area contributed by atoms with Crippen molar-refractivity contribution in [1.82, 2.24) is 10.6 Å². The number of hydrogen-bond acceptors (Lipinski definition) is 2. The molecule has 1 atom stereocenters. The van der Waals surface area contributed by atoms with E-state index in [-0.39, 0.29) is 0 Å². The Labute approximate surface area is 72.3 Å². The molecule has 0 spiro atoms. The molecule has 0 saturated carbocycles. The van der Waals surface area contributed by atoms with Crippen molar-refractivity contribution in [3.63, 3.8) is 0 Å². The highest BCUT2D eigenvalue weighted by Gasteiger charge is 2.38. The van der Waals surface area contributed by atoms with Gasteiger partial charge in [-0.05, 0) is 19.2 Å². The van der Waals surface area contributed by atoms with Crippen LogP contribution in [0.1, 0.15) is 0 Å². The minimum atomic E-state index is -4.68. The van der Waals surface area contributed by atoms with Crippen LogP contribution in [0.5, 0.6) is 0 Å². The fraction of sp³-hybridized carbons (Fsp3) is 0.429. The second-order valence-corrected chi connectivity index (χ2v) is 2.49. The first-order valence-electron chi connectivity index (χ1n) is 3.54. The summed E-state index contributed by atoms with van der Waals surface area (Å²) in [5.74, 6) is -1.29. The first kappa shape index (κ1) is 10.0. The van der Waals surface area contributed by atoms with Gasteiger partial charge in [-0.3, -0.25) is 5.32 Å². The van der Waals surface area contributed by atoms with Crippen LogP contribution in [0.15, 0.2) is 23.7 Å². The predicted octanol–water partition coefficient (Wildman–Crippen LogP) is 1.43. The van der Waals surface area contributed by atoms with Crippen molar-refractivity contribution in [3.05, 3.63) is 23.7 Å². The number of halogens is 4. The molecule has 0 amide bonds. The van der Waals surface area contributed by atoms with Crippen LogP contribution < -0.4 is 10.6 Å². The summed E-state index contributed by atoms with van der Waals surface area (Å²) in [6.07, 6.45) is -3.30. The Hall–Kier alpha value is -1.04. The normalized spacial score (nSPS) is 23.3. The van der Waals surface area contributed by atoms with Gasteiger partial charge in [0.2, 0.25) is 0 Å². The average Bonchev–Trinajstić information content (AvgIpc) is 2.03. The maximum Gasteiger partial charge on any atom is 0.433 e. The van der Waals surface area contributed by atoms with Gasteiger partial charge in [-0.2, -0.15) is 13.2 Å². The summed E-state index contributed by atoms with van der Waals surface area (Å²) in [7, 11) is 1.47. The van der Waals surface area contributed by atoms with Crippen LogP contribution in [0.25, 0.3) is 0 Å². The van der Waals surface area contributed by atoms with E-state index in [1.54, 1.807) is 0 Å². The van der Waals surface area contributed by atoms with Gasteiger partial charge < -0.3 is 5.32 Å². The third-order valence-electron chi connectivity index (χ3n) is 1.57. The molecule has 0 aromatic rings. The van der Waals surface area contributed by atoms with E-state index >= 15 is 0 Å². The lowest BCUT2D eigenvalue weighted by Gasteiger charge is -2.23. The maximum atomic E-state index is 12.6. The number of alkyl halides is 3. The number of allylic oxidation sites excluding steroid dienone is 3. The Morgan fingerprint density at radius 3 is 2.54 bits per heavy atom. The molecule has 0 aromatic carbocycles. The molecular formula is C7H8F4N2. The quantitative estimate of drug-likeness (QED) is 0.620. The van der Waals surface area contributed by atoms with Crippen LogP contribution in [-0.2, 0) is 0 Å². The summed E-state index contributed by atoms with van der Waals surface area (Å²) in [5, 5.41) is 4.50. The third kappa shape index (κ3) is 2.21. The summed E-state index contributed by atoms with van der Waals surface area (Å²) >= 11 is 0. The van der Waals surface area contributed by atoms with Gasteiger partial charge >= 0.3 is 6.18 Å². The van der Waals surface area contributed by atoms with Gasteiger partial charge in [0.1, 0.15) is 0 Å². The van der Waals surface area contributed by atoms with Crippen molar-refractivity contribution in [2.24, 2.45) is 0 Å². The lowest BCUT2D eigenvalue weighted by Crippen LogP contribution is -2.43. The largest absolute Gasteiger partial charge is 0.433 e. The van der Waals surface area contributed by atoms with Crippen LogP contribution in [0.4, 0.5) is 17.6 Å². The molecular weight excluding hydrogens is 188 g/mol. The third-order valence-corrected chi connectivity index (χ3v) is 1.57.